The molecule has 3 rings (SSSR count). The van der Waals surface area contributed by atoms with Gasteiger partial charge in [0.05, 0.1) is 29.5 Å². The van der Waals surface area contributed by atoms with Crippen LogP contribution in [0.4, 0.5) is 5.69 Å². The fourth-order valence-electron chi connectivity index (χ4n) is 2.15. The molecule has 0 bridgehead atoms. The van der Waals surface area contributed by atoms with Crippen LogP contribution in [0.1, 0.15) is 0 Å². The lowest BCUT2D eigenvalue weighted by Gasteiger charge is -2.08. The average molecular weight is 255 g/mol. The number of fused-ring (bicyclic) bond motifs is 1. The van der Waals surface area contributed by atoms with E-state index < -0.39 is 0 Å². The van der Waals surface area contributed by atoms with Gasteiger partial charge in [-0.25, -0.2) is 4.79 Å². The normalized spacial score (nSPS) is 10.8. The summed E-state index contributed by atoms with van der Waals surface area (Å²) in [7, 11) is 1.55. The number of aromatic amines is 1. The van der Waals surface area contributed by atoms with Crippen LogP contribution in [0.2, 0.25) is 0 Å². The van der Waals surface area contributed by atoms with E-state index in [-0.39, 0.29) is 5.69 Å². The third-order valence-corrected chi connectivity index (χ3v) is 3.06. The lowest BCUT2D eigenvalue weighted by Crippen LogP contribution is -2.14. The number of nitrogens with zero attached hydrogens (tertiary/aromatic N) is 1. The summed E-state index contributed by atoms with van der Waals surface area (Å²) in [6.45, 7) is 0. The zero-order valence-corrected chi connectivity index (χ0v) is 10.4. The van der Waals surface area contributed by atoms with Crippen molar-refractivity contribution in [3.63, 3.8) is 0 Å². The fourth-order valence-corrected chi connectivity index (χ4v) is 2.15. The van der Waals surface area contributed by atoms with Crippen LogP contribution in [0.25, 0.3) is 16.7 Å². The number of ether oxygens (including phenoxy) is 1. The molecule has 0 spiro atoms. The number of anilines is 1. The van der Waals surface area contributed by atoms with E-state index in [0.29, 0.717) is 17.1 Å². The van der Waals surface area contributed by atoms with Gasteiger partial charge in [0.1, 0.15) is 5.75 Å². The zero-order valence-electron chi connectivity index (χ0n) is 10.4. The van der Waals surface area contributed by atoms with E-state index >= 15 is 0 Å². The second kappa shape index (κ2) is 4.20. The summed E-state index contributed by atoms with van der Waals surface area (Å²) < 4.78 is 6.78. The summed E-state index contributed by atoms with van der Waals surface area (Å²) >= 11 is 0. The van der Waals surface area contributed by atoms with Gasteiger partial charge in [-0.05, 0) is 24.3 Å². The highest BCUT2D eigenvalue weighted by Gasteiger charge is 2.09. The Morgan fingerprint density at radius 2 is 2.00 bits per heavy atom. The van der Waals surface area contributed by atoms with Crippen LogP contribution in [0.3, 0.4) is 0 Å². The lowest BCUT2D eigenvalue weighted by atomic mass is 10.2. The average Bonchev–Trinajstić information content (AvgIpc) is 2.75. The summed E-state index contributed by atoms with van der Waals surface area (Å²) in [5, 5.41) is 0. The zero-order chi connectivity index (χ0) is 13.4. The van der Waals surface area contributed by atoms with Crippen molar-refractivity contribution in [3.05, 3.63) is 52.9 Å². The molecule has 1 heterocycles. The molecule has 0 amide bonds. The Balaban J connectivity index is 2.30. The van der Waals surface area contributed by atoms with Crippen molar-refractivity contribution in [2.75, 3.05) is 12.8 Å². The van der Waals surface area contributed by atoms with Crippen LogP contribution in [0.5, 0.6) is 5.75 Å². The van der Waals surface area contributed by atoms with E-state index in [2.05, 4.69) is 4.98 Å². The van der Waals surface area contributed by atoms with Gasteiger partial charge < -0.3 is 15.5 Å². The number of hydrogen-bond donors (Lipinski definition) is 2. The van der Waals surface area contributed by atoms with E-state index in [0.717, 1.165) is 11.0 Å². The van der Waals surface area contributed by atoms with Crippen LogP contribution in [0, 0.1) is 0 Å². The Morgan fingerprint density at radius 1 is 1.21 bits per heavy atom. The molecule has 0 aliphatic heterocycles. The largest absolute Gasteiger partial charge is 0.495 e. The Labute approximate surface area is 109 Å². The summed E-state index contributed by atoms with van der Waals surface area (Å²) in [6.07, 6.45) is 0. The topological polar surface area (TPSA) is 73.0 Å². The van der Waals surface area contributed by atoms with Gasteiger partial charge in [-0.2, -0.15) is 0 Å². The maximum Gasteiger partial charge on any atom is 0.331 e. The minimum absolute atomic E-state index is 0.187. The van der Waals surface area contributed by atoms with Crippen LogP contribution >= 0.6 is 0 Å². The number of nitrogens with two attached hydrogens (primary N) is 1. The molecule has 19 heavy (non-hydrogen) atoms. The van der Waals surface area contributed by atoms with Crippen LogP contribution in [-0.2, 0) is 0 Å². The van der Waals surface area contributed by atoms with Crippen molar-refractivity contribution >= 4 is 16.7 Å². The van der Waals surface area contributed by atoms with Gasteiger partial charge in [0.15, 0.2) is 0 Å². The number of nitrogen functional groups attached to an aromatic ring is 1. The first kappa shape index (κ1) is 11.4. The molecule has 5 heteroatoms. The number of para-hydroxylation sites is 2. The summed E-state index contributed by atoms with van der Waals surface area (Å²) in [6, 6.07) is 12.8. The number of H-pyrrole nitrogens is 1. The van der Waals surface area contributed by atoms with Crippen molar-refractivity contribution in [1.82, 2.24) is 9.55 Å². The molecule has 3 aromatic rings. The quantitative estimate of drug-likeness (QED) is 0.687. The van der Waals surface area contributed by atoms with Gasteiger partial charge in [0.25, 0.3) is 0 Å². The first-order valence-electron chi connectivity index (χ1n) is 5.84. The summed E-state index contributed by atoms with van der Waals surface area (Å²) in [4.78, 5) is 14.9. The highest BCUT2D eigenvalue weighted by Crippen LogP contribution is 2.25. The lowest BCUT2D eigenvalue weighted by molar-refractivity contribution is 0.417. The van der Waals surface area contributed by atoms with Gasteiger partial charge in [-0.3, -0.25) is 4.57 Å². The fraction of sp³-hybridized carbons (Fsp3) is 0.0714. The SMILES string of the molecule is COc1cc(-n2c(=O)[nH]c3ccccc32)ccc1N. The Kier molecular flexibility index (Phi) is 2.52. The molecule has 1 aromatic heterocycles. The molecule has 0 aliphatic rings. The van der Waals surface area contributed by atoms with Gasteiger partial charge in [-0.1, -0.05) is 12.1 Å². The molecule has 2 aromatic carbocycles. The molecule has 5 nitrogen and oxygen atoms in total. The Morgan fingerprint density at radius 3 is 2.79 bits per heavy atom. The van der Waals surface area contributed by atoms with Gasteiger partial charge in [0.2, 0.25) is 0 Å². The molecule has 0 saturated heterocycles. The van der Waals surface area contributed by atoms with E-state index in [1.165, 1.54) is 0 Å². The second-order valence-corrected chi connectivity index (χ2v) is 4.21. The number of benzene rings is 2. The summed E-state index contributed by atoms with van der Waals surface area (Å²) in [5.41, 5.74) is 8.47. The van der Waals surface area contributed by atoms with E-state index in [1.54, 1.807) is 29.9 Å². The number of imidazole rings is 1. The number of nitrogens with one attached hydrogen (secondary N) is 1. The van der Waals surface area contributed by atoms with Crippen LogP contribution in [-0.4, -0.2) is 16.7 Å². The first-order chi connectivity index (χ1) is 9.20. The maximum absolute atomic E-state index is 12.1. The Hall–Kier alpha value is -2.69. The monoisotopic (exact) mass is 255 g/mol. The van der Waals surface area contributed by atoms with Crippen molar-refractivity contribution in [1.29, 1.82) is 0 Å². The van der Waals surface area contributed by atoms with E-state index in [1.807, 2.05) is 24.3 Å². The molecule has 0 saturated carbocycles. The van der Waals surface area contributed by atoms with Gasteiger partial charge in [0, 0.05) is 6.07 Å². The minimum atomic E-state index is -0.187. The Bertz CT molecular complexity index is 802. The van der Waals surface area contributed by atoms with E-state index in [9.17, 15) is 4.79 Å². The molecule has 0 aliphatic carbocycles. The highest BCUT2D eigenvalue weighted by molar-refractivity contribution is 5.77. The first-order valence-corrected chi connectivity index (χ1v) is 5.84. The summed E-state index contributed by atoms with van der Waals surface area (Å²) in [5.74, 6) is 0.551. The molecule has 0 atom stereocenters. The van der Waals surface area contributed by atoms with Crippen molar-refractivity contribution in [3.8, 4) is 11.4 Å². The third-order valence-electron chi connectivity index (χ3n) is 3.06. The predicted octanol–water partition coefficient (Wildman–Crippen LogP) is 1.91. The van der Waals surface area contributed by atoms with Crippen molar-refractivity contribution < 1.29 is 4.74 Å². The highest BCUT2D eigenvalue weighted by atomic mass is 16.5. The molecule has 0 unspecified atom stereocenters. The minimum Gasteiger partial charge on any atom is -0.495 e. The maximum atomic E-state index is 12.1. The molecule has 0 radical (unpaired) electrons. The third kappa shape index (κ3) is 1.76. The number of hydrogen-bond acceptors (Lipinski definition) is 3. The standard InChI is InChI=1S/C14H13N3O2/c1-19-13-8-9(6-7-10(13)15)17-12-5-3-2-4-11(12)16-14(17)18/h2-8H,15H2,1H3,(H,16,18). The van der Waals surface area contributed by atoms with Gasteiger partial charge in [-0.15, -0.1) is 0 Å². The molecule has 0 fully saturated rings. The van der Waals surface area contributed by atoms with Crippen molar-refractivity contribution in [2.45, 2.75) is 0 Å². The van der Waals surface area contributed by atoms with Gasteiger partial charge >= 0.3 is 5.69 Å². The van der Waals surface area contributed by atoms with Crippen molar-refractivity contribution in [2.24, 2.45) is 0 Å². The number of aromatic nitrogens is 2. The smallest absolute Gasteiger partial charge is 0.331 e. The second-order valence-electron chi connectivity index (χ2n) is 4.21. The molecular formula is C14H13N3O2. The molecular weight excluding hydrogens is 242 g/mol. The number of methoxy groups -OCH3 is 1. The predicted molar refractivity (Wildman–Crippen MR) is 74.9 cm³/mol. The molecule has 3 N–H and O–H groups in total. The van der Waals surface area contributed by atoms with E-state index in [4.69, 9.17) is 10.5 Å². The molecule has 96 valence electrons. The van der Waals surface area contributed by atoms with Crippen LogP contribution in [0.15, 0.2) is 47.3 Å². The van der Waals surface area contributed by atoms with Crippen LogP contribution < -0.4 is 16.2 Å². The number of rotatable bonds is 2.